The van der Waals surface area contributed by atoms with E-state index in [-0.39, 0.29) is 17.3 Å². The second kappa shape index (κ2) is 3.80. The van der Waals surface area contributed by atoms with Gasteiger partial charge in [-0.05, 0) is 19.1 Å². The summed E-state index contributed by atoms with van der Waals surface area (Å²) in [6.45, 7) is 1.69. The minimum atomic E-state index is -0.694. The summed E-state index contributed by atoms with van der Waals surface area (Å²) < 4.78 is 26.6. The number of rotatable bonds is 2. The zero-order valence-electron chi connectivity index (χ0n) is 8.51. The molecule has 1 heterocycles. The molecule has 0 bridgehead atoms. The van der Waals surface area contributed by atoms with E-state index in [1.807, 2.05) is 0 Å². The number of H-pyrrole nitrogens is 1. The molecule has 16 heavy (non-hydrogen) atoms. The minimum Gasteiger partial charge on any atom is -0.382 e. The van der Waals surface area contributed by atoms with E-state index in [1.54, 1.807) is 6.92 Å². The smallest absolute Gasteiger partial charge is 0.173 e. The lowest BCUT2D eigenvalue weighted by Gasteiger charge is -2.06. The SMILES string of the molecule is Cc1nc(Nc2c(F)cccc2F)c(N)[nH]1. The summed E-state index contributed by atoms with van der Waals surface area (Å²) in [5, 5.41) is 2.51. The van der Waals surface area contributed by atoms with E-state index in [9.17, 15) is 8.78 Å². The van der Waals surface area contributed by atoms with Crippen molar-refractivity contribution in [1.82, 2.24) is 9.97 Å². The number of hydrogen-bond donors (Lipinski definition) is 3. The number of hydrogen-bond acceptors (Lipinski definition) is 3. The van der Waals surface area contributed by atoms with E-state index in [1.165, 1.54) is 6.07 Å². The number of imidazole rings is 1. The Bertz CT molecular complexity index is 501. The Hall–Kier alpha value is -2.11. The zero-order chi connectivity index (χ0) is 11.7. The number of para-hydroxylation sites is 1. The van der Waals surface area contributed by atoms with E-state index >= 15 is 0 Å². The lowest BCUT2D eigenvalue weighted by molar-refractivity contribution is 0.590. The summed E-state index contributed by atoms with van der Waals surface area (Å²) in [4.78, 5) is 6.69. The summed E-state index contributed by atoms with van der Waals surface area (Å²) in [6, 6.07) is 3.59. The van der Waals surface area contributed by atoms with Crippen LogP contribution in [0, 0.1) is 18.6 Å². The molecule has 4 nitrogen and oxygen atoms in total. The molecule has 0 aliphatic heterocycles. The van der Waals surface area contributed by atoms with Gasteiger partial charge < -0.3 is 16.0 Å². The first-order valence-corrected chi connectivity index (χ1v) is 4.61. The number of halogens is 2. The van der Waals surface area contributed by atoms with E-state index < -0.39 is 11.6 Å². The summed E-state index contributed by atoms with van der Waals surface area (Å²) in [5.74, 6) is -0.376. The third-order valence-corrected chi connectivity index (χ3v) is 2.06. The molecule has 1 aromatic heterocycles. The standard InChI is InChI=1S/C10H10F2N4/c1-5-14-9(13)10(15-5)16-8-6(11)3-2-4-7(8)12/h2-4,16H,13H2,1H3,(H,14,15). The Morgan fingerprint density at radius 1 is 1.31 bits per heavy atom. The Morgan fingerprint density at radius 2 is 1.94 bits per heavy atom. The maximum Gasteiger partial charge on any atom is 0.173 e. The van der Waals surface area contributed by atoms with Crippen LogP contribution in [0.3, 0.4) is 0 Å². The molecule has 0 fully saturated rings. The van der Waals surface area contributed by atoms with Gasteiger partial charge in [0.2, 0.25) is 0 Å². The van der Waals surface area contributed by atoms with Crippen LogP contribution in [0.25, 0.3) is 0 Å². The number of nitrogens with one attached hydrogen (secondary N) is 2. The molecule has 0 aliphatic rings. The molecule has 0 atom stereocenters. The van der Waals surface area contributed by atoms with Gasteiger partial charge in [-0.15, -0.1) is 0 Å². The Balaban J connectivity index is 2.37. The van der Waals surface area contributed by atoms with Gasteiger partial charge in [0.15, 0.2) is 5.82 Å². The van der Waals surface area contributed by atoms with Gasteiger partial charge in [-0.1, -0.05) is 6.07 Å². The molecule has 0 saturated carbocycles. The minimum absolute atomic E-state index is 0.210. The fraction of sp³-hybridized carbons (Fsp3) is 0.100. The van der Waals surface area contributed by atoms with E-state index in [0.717, 1.165) is 12.1 Å². The van der Waals surface area contributed by atoms with Crippen molar-refractivity contribution in [3.05, 3.63) is 35.7 Å². The first-order valence-electron chi connectivity index (χ1n) is 4.61. The molecule has 0 radical (unpaired) electrons. The van der Waals surface area contributed by atoms with Crippen molar-refractivity contribution >= 4 is 17.3 Å². The van der Waals surface area contributed by atoms with Crippen molar-refractivity contribution in [2.75, 3.05) is 11.1 Å². The molecule has 1 aromatic carbocycles. The highest BCUT2D eigenvalue weighted by Gasteiger charge is 2.12. The van der Waals surface area contributed by atoms with Crippen LogP contribution in [0.4, 0.5) is 26.1 Å². The number of aromatic nitrogens is 2. The second-order valence-electron chi connectivity index (χ2n) is 3.31. The molecular weight excluding hydrogens is 214 g/mol. The average molecular weight is 224 g/mol. The molecule has 2 rings (SSSR count). The highest BCUT2D eigenvalue weighted by Crippen LogP contribution is 2.24. The Morgan fingerprint density at radius 3 is 2.44 bits per heavy atom. The highest BCUT2D eigenvalue weighted by molar-refractivity contribution is 5.66. The molecule has 0 unspecified atom stereocenters. The largest absolute Gasteiger partial charge is 0.382 e. The third-order valence-electron chi connectivity index (χ3n) is 2.06. The fourth-order valence-electron chi connectivity index (χ4n) is 1.34. The normalized spacial score (nSPS) is 10.4. The molecule has 6 heteroatoms. The van der Waals surface area contributed by atoms with Gasteiger partial charge in [0, 0.05) is 0 Å². The van der Waals surface area contributed by atoms with Crippen LogP contribution in [0.2, 0.25) is 0 Å². The van der Waals surface area contributed by atoms with E-state index in [0.29, 0.717) is 5.82 Å². The lowest BCUT2D eigenvalue weighted by atomic mass is 10.3. The van der Waals surface area contributed by atoms with Crippen molar-refractivity contribution in [3.8, 4) is 0 Å². The van der Waals surface area contributed by atoms with Gasteiger partial charge in [0.25, 0.3) is 0 Å². The number of nitrogens with two attached hydrogens (primary N) is 1. The number of anilines is 3. The van der Waals surface area contributed by atoms with Gasteiger partial charge in [-0.3, -0.25) is 0 Å². The lowest BCUT2D eigenvalue weighted by Crippen LogP contribution is -2.00. The number of aryl methyl sites for hydroxylation is 1. The summed E-state index contributed by atoms with van der Waals surface area (Å²) in [5.41, 5.74) is 5.30. The number of benzene rings is 1. The van der Waals surface area contributed by atoms with Crippen LogP contribution in [0.15, 0.2) is 18.2 Å². The summed E-state index contributed by atoms with van der Waals surface area (Å²) in [6.07, 6.45) is 0. The van der Waals surface area contributed by atoms with Gasteiger partial charge in [-0.25, -0.2) is 13.8 Å². The number of nitrogen functional groups attached to an aromatic ring is 1. The molecule has 0 amide bonds. The van der Waals surface area contributed by atoms with Crippen molar-refractivity contribution in [2.45, 2.75) is 6.92 Å². The molecule has 0 aliphatic carbocycles. The van der Waals surface area contributed by atoms with Crippen LogP contribution < -0.4 is 11.1 Å². The quantitative estimate of drug-likeness (QED) is 0.733. The molecule has 84 valence electrons. The fourth-order valence-corrected chi connectivity index (χ4v) is 1.34. The predicted molar refractivity (Wildman–Crippen MR) is 57.4 cm³/mol. The molecule has 2 aromatic rings. The van der Waals surface area contributed by atoms with Crippen LogP contribution in [0.5, 0.6) is 0 Å². The topological polar surface area (TPSA) is 66.7 Å². The third kappa shape index (κ3) is 1.81. The van der Waals surface area contributed by atoms with Crippen molar-refractivity contribution in [3.63, 3.8) is 0 Å². The van der Waals surface area contributed by atoms with Gasteiger partial charge >= 0.3 is 0 Å². The molecule has 0 spiro atoms. The molecule has 4 N–H and O–H groups in total. The van der Waals surface area contributed by atoms with Crippen molar-refractivity contribution in [2.24, 2.45) is 0 Å². The van der Waals surface area contributed by atoms with Gasteiger partial charge in [0.1, 0.15) is 29.0 Å². The maximum absolute atomic E-state index is 13.3. The van der Waals surface area contributed by atoms with Crippen LogP contribution in [0.1, 0.15) is 5.82 Å². The van der Waals surface area contributed by atoms with Crippen molar-refractivity contribution < 1.29 is 8.78 Å². The van der Waals surface area contributed by atoms with E-state index in [4.69, 9.17) is 5.73 Å². The maximum atomic E-state index is 13.3. The van der Waals surface area contributed by atoms with Crippen molar-refractivity contribution in [1.29, 1.82) is 0 Å². The van der Waals surface area contributed by atoms with Crippen LogP contribution in [-0.2, 0) is 0 Å². The van der Waals surface area contributed by atoms with Gasteiger partial charge in [0.05, 0.1) is 0 Å². The summed E-state index contributed by atoms with van der Waals surface area (Å²) >= 11 is 0. The number of nitrogens with zero attached hydrogens (tertiary/aromatic N) is 1. The highest BCUT2D eigenvalue weighted by atomic mass is 19.1. The average Bonchev–Trinajstić information content (AvgIpc) is 2.51. The Kier molecular flexibility index (Phi) is 2.47. The van der Waals surface area contributed by atoms with E-state index in [2.05, 4.69) is 15.3 Å². The van der Waals surface area contributed by atoms with Crippen LogP contribution in [-0.4, -0.2) is 9.97 Å². The Labute approximate surface area is 90.5 Å². The molecular formula is C10H10F2N4. The summed E-state index contributed by atoms with van der Waals surface area (Å²) in [7, 11) is 0. The van der Waals surface area contributed by atoms with Gasteiger partial charge in [-0.2, -0.15) is 0 Å². The first-order chi connectivity index (χ1) is 7.58. The van der Waals surface area contributed by atoms with Crippen LogP contribution >= 0.6 is 0 Å². The first kappa shape index (κ1) is 10.4. The molecule has 0 saturated heterocycles. The second-order valence-corrected chi connectivity index (χ2v) is 3.31. The monoisotopic (exact) mass is 224 g/mol. The zero-order valence-corrected chi connectivity index (χ0v) is 8.51. The number of aromatic amines is 1. The predicted octanol–water partition coefficient (Wildman–Crippen LogP) is 2.32.